The van der Waals surface area contributed by atoms with Crippen LogP contribution >= 0.6 is 0 Å². The fraction of sp³-hybridized carbons (Fsp3) is 0.600. The van der Waals surface area contributed by atoms with E-state index in [1.807, 2.05) is 0 Å². The number of piperazine rings is 1. The Morgan fingerprint density at radius 2 is 1.83 bits per heavy atom. The number of hydrogen-bond donors (Lipinski definition) is 1. The van der Waals surface area contributed by atoms with Gasteiger partial charge in [-0.1, -0.05) is 24.3 Å². The lowest BCUT2D eigenvalue weighted by atomic mass is 9.95. The Labute approximate surface area is 110 Å². The summed E-state index contributed by atoms with van der Waals surface area (Å²) < 4.78 is 0. The molecule has 1 aromatic rings. The smallest absolute Gasteiger partial charge is 0.0238 e. The molecule has 0 aliphatic carbocycles. The SMILES string of the molecule is CN1CCN(CC2Cc3ccccc3CN2)CC1. The Kier molecular flexibility index (Phi) is 3.64. The van der Waals surface area contributed by atoms with E-state index in [1.54, 1.807) is 0 Å². The maximum atomic E-state index is 3.68. The average molecular weight is 245 g/mol. The van der Waals surface area contributed by atoms with Gasteiger partial charge in [-0.25, -0.2) is 0 Å². The van der Waals surface area contributed by atoms with Gasteiger partial charge in [0.25, 0.3) is 0 Å². The highest BCUT2D eigenvalue weighted by molar-refractivity contribution is 5.29. The fourth-order valence-corrected chi connectivity index (χ4v) is 2.99. The second-order valence-electron chi connectivity index (χ2n) is 5.65. The van der Waals surface area contributed by atoms with Crippen molar-refractivity contribution in [2.75, 3.05) is 39.8 Å². The highest BCUT2D eigenvalue weighted by Gasteiger charge is 2.21. The minimum atomic E-state index is 0.628. The molecule has 0 aromatic heterocycles. The first-order valence-corrected chi connectivity index (χ1v) is 7.02. The molecule has 3 nitrogen and oxygen atoms in total. The van der Waals surface area contributed by atoms with Crippen molar-refractivity contribution in [3.8, 4) is 0 Å². The van der Waals surface area contributed by atoms with E-state index in [0.717, 1.165) is 6.54 Å². The predicted octanol–water partition coefficient (Wildman–Crippen LogP) is 0.948. The van der Waals surface area contributed by atoms with Gasteiger partial charge in [0.05, 0.1) is 0 Å². The van der Waals surface area contributed by atoms with Crippen molar-refractivity contribution >= 4 is 0 Å². The van der Waals surface area contributed by atoms with Crippen molar-refractivity contribution < 1.29 is 0 Å². The number of benzene rings is 1. The van der Waals surface area contributed by atoms with Crippen molar-refractivity contribution in [3.05, 3.63) is 35.4 Å². The van der Waals surface area contributed by atoms with Gasteiger partial charge >= 0.3 is 0 Å². The standard InChI is InChI=1S/C15H23N3/c1-17-6-8-18(9-7-17)12-15-10-13-4-2-3-5-14(13)11-16-15/h2-5,15-16H,6-12H2,1H3. The highest BCUT2D eigenvalue weighted by Crippen LogP contribution is 2.17. The number of hydrogen-bond acceptors (Lipinski definition) is 3. The van der Waals surface area contributed by atoms with Crippen LogP contribution in [0.1, 0.15) is 11.1 Å². The first kappa shape index (κ1) is 12.2. The summed E-state index contributed by atoms with van der Waals surface area (Å²) >= 11 is 0. The van der Waals surface area contributed by atoms with Gasteiger partial charge < -0.3 is 10.2 Å². The van der Waals surface area contributed by atoms with E-state index < -0.39 is 0 Å². The molecule has 18 heavy (non-hydrogen) atoms. The monoisotopic (exact) mass is 245 g/mol. The summed E-state index contributed by atoms with van der Waals surface area (Å²) in [5.74, 6) is 0. The molecule has 0 radical (unpaired) electrons. The van der Waals surface area contributed by atoms with Crippen molar-refractivity contribution in [2.45, 2.75) is 19.0 Å². The largest absolute Gasteiger partial charge is 0.308 e. The van der Waals surface area contributed by atoms with E-state index in [4.69, 9.17) is 0 Å². The average Bonchev–Trinajstić information content (AvgIpc) is 2.41. The van der Waals surface area contributed by atoms with Crippen molar-refractivity contribution in [1.29, 1.82) is 0 Å². The molecule has 0 saturated carbocycles. The van der Waals surface area contributed by atoms with Crippen LogP contribution in [0.25, 0.3) is 0 Å². The van der Waals surface area contributed by atoms with Gasteiger partial charge in [0.2, 0.25) is 0 Å². The molecule has 98 valence electrons. The fourth-order valence-electron chi connectivity index (χ4n) is 2.99. The molecule has 2 aliphatic heterocycles. The lowest BCUT2D eigenvalue weighted by Gasteiger charge is -2.36. The molecule has 2 aliphatic rings. The molecule has 1 fully saturated rings. The Bertz CT molecular complexity index is 396. The van der Waals surface area contributed by atoms with Crippen LogP contribution in [0.5, 0.6) is 0 Å². The molecule has 1 atom stereocenters. The Morgan fingerprint density at radius 1 is 1.11 bits per heavy atom. The lowest BCUT2D eigenvalue weighted by Crippen LogP contribution is -2.51. The van der Waals surface area contributed by atoms with E-state index in [0.29, 0.717) is 6.04 Å². The quantitative estimate of drug-likeness (QED) is 0.837. The van der Waals surface area contributed by atoms with Gasteiger partial charge in [-0.2, -0.15) is 0 Å². The molecule has 1 saturated heterocycles. The zero-order chi connectivity index (χ0) is 12.4. The van der Waals surface area contributed by atoms with Crippen molar-refractivity contribution in [2.24, 2.45) is 0 Å². The van der Waals surface area contributed by atoms with Crippen LogP contribution in [0.3, 0.4) is 0 Å². The van der Waals surface area contributed by atoms with E-state index in [-0.39, 0.29) is 0 Å². The summed E-state index contributed by atoms with van der Waals surface area (Å²) in [5.41, 5.74) is 3.02. The van der Waals surface area contributed by atoms with Gasteiger partial charge in [0.1, 0.15) is 0 Å². The number of fused-ring (bicyclic) bond motifs is 1. The van der Waals surface area contributed by atoms with Crippen LogP contribution in [0.15, 0.2) is 24.3 Å². The van der Waals surface area contributed by atoms with E-state index >= 15 is 0 Å². The Balaban J connectivity index is 1.56. The molecule has 2 heterocycles. The summed E-state index contributed by atoms with van der Waals surface area (Å²) in [6.07, 6.45) is 1.18. The number of likely N-dealkylation sites (N-methyl/N-ethyl adjacent to an activating group) is 1. The predicted molar refractivity (Wildman–Crippen MR) is 74.7 cm³/mol. The molecule has 3 rings (SSSR count). The van der Waals surface area contributed by atoms with Gasteiger partial charge in [-0.3, -0.25) is 4.90 Å². The van der Waals surface area contributed by atoms with Crippen molar-refractivity contribution in [3.63, 3.8) is 0 Å². The number of nitrogens with zero attached hydrogens (tertiary/aromatic N) is 2. The van der Waals surface area contributed by atoms with E-state index in [2.05, 4.69) is 46.4 Å². The maximum Gasteiger partial charge on any atom is 0.0238 e. The van der Waals surface area contributed by atoms with Gasteiger partial charge in [0.15, 0.2) is 0 Å². The Hall–Kier alpha value is -0.900. The molecule has 0 bridgehead atoms. The molecule has 1 unspecified atom stereocenters. The maximum absolute atomic E-state index is 3.68. The minimum absolute atomic E-state index is 0.628. The third-order valence-corrected chi connectivity index (χ3v) is 4.24. The number of nitrogens with one attached hydrogen (secondary N) is 1. The Morgan fingerprint density at radius 3 is 2.61 bits per heavy atom. The molecule has 0 spiro atoms. The molecular weight excluding hydrogens is 222 g/mol. The molecule has 3 heteroatoms. The van der Waals surface area contributed by atoms with Crippen LogP contribution in [-0.4, -0.2) is 55.6 Å². The van der Waals surface area contributed by atoms with E-state index in [1.165, 1.54) is 50.3 Å². The molecule has 1 N–H and O–H groups in total. The number of rotatable bonds is 2. The topological polar surface area (TPSA) is 18.5 Å². The minimum Gasteiger partial charge on any atom is -0.308 e. The normalized spacial score (nSPS) is 25.9. The second-order valence-corrected chi connectivity index (χ2v) is 5.65. The highest BCUT2D eigenvalue weighted by atomic mass is 15.3. The van der Waals surface area contributed by atoms with Crippen LogP contribution in [0, 0.1) is 0 Å². The van der Waals surface area contributed by atoms with E-state index in [9.17, 15) is 0 Å². The first-order valence-electron chi connectivity index (χ1n) is 7.02. The first-order chi connectivity index (χ1) is 8.81. The lowest BCUT2D eigenvalue weighted by molar-refractivity contribution is 0.140. The third-order valence-electron chi connectivity index (χ3n) is 4.24. The summed E-state index contributed by atoms with van der Waals surface area (Å²) in [5, 5.41) is 3.68. The molecular formula is C15H23N3. The van der Waals surface area contributed by atoms with Crippen LogP contribution in [-0.2, 0) is 13.0 Å². The zero-order valence-electron chi connectivity index (χ0n) is 11.2. The summed E-state index contributed by atoms with van der Waals surface area (Å²) in [7, 11) is 2.21. The zero-order valence-corrected chi connectivity index (χ0v) is 11.2. The van der Waals surface area contributed by atoms with Crippen LogP contribution in [0.2, 0.25) is 0 Å². The summed E-state index contributed by atoms with van der Waals surface area (Å²) in [6, 6.07) is 9.46. The summed E-state index contributed by atoms with van der Waals surface area (Å²) in [6.45, 7) is 7.09. The molecule has 1 aromatic carbocycles. The summed E-state index contributed by atoms with van der Waals surface area (Å²) in [4.78, 5) is 5.02. The van der Waals surface area contributed by atoms with Gasteiger partial charge in [-0.15, -0.1) is 0 Å². The van der Waals surface area contributed by atoms with Gasteiger partial charge in [0, 0.05) is 45.3 Å². The third kappa shape index (κ3) is 2.74. The van der Waals surface area contributed by atoms with Crippen LogP contribution in [0.4, 0.5) is 0 Å². The van der Waals surface area contributed by atoms with Crippen LogP contribution < -0.4 is 5.32 Å². The molecule has 0 amide bonds. The van der Waals surface area contributed by atoms with Crippen molar-refractivity contribution in [1.82, 2.24) is 15.1 Å². The second kappa shape index (κ2) is 5.39. The van der Waals surface area contributed by atoms with Gasteiger partial charge in [-0.05, 0) is 24.6 Å².